The van der Waals surface area contributed by atoms with Crippen molar-refractivity contribution in [3.8, 4) is 23.3 Å². The molecule has 0 fully saturated rings. The number of hydrogen-bond acceptors (Lipinski definition) is 9. The molecule has 4 aromatic rings. The maximum absolute atomic E-state index is 13.1. The number of benzene rings is 2. The van der Waals surface area contributed by atoms with Gasteiger partial charge in [0.05, 0.1) is 18.2 Å². The van der Waals surface area contributed by atoms with Crippen molar-refractivity contribution >= 4 is 45.8 Å². The van der Waals surface area contributed by atoms with Crippen molar-refractivity contribution in [2.45, 2.75) is 43.6 Å². The number of carbonyl (C=O) groups is 2. The van der Waals surface area contributed by atoms with Gasteiger partial charge in [0, 0.05) is 22.6 Å². The predicted octanol–water partition coefficient (Wildman–Crippen LogP) is 6.62. The van der Waals surface area contributed by atoms with Crippen molar-refractivity contribution < 1.29 is 14.3 Å². The van der Waals surface area contributed by atoms with E-state index in [9.17, 15) is 20.1 Å². The number of anilines is 2. The second kappa shape index (κ2) is 13.1. The lowest BCUT2D eigenvalue weighted by molar-refractivity contribution is -0.115. The zero-order chi connectivity index (χ0) is 30.5. The zero-order valence-corrected chi connectivity index (χ0v) is 25.4. The minimum atomic E-state index is -0.458. The zero-order valence-electron chi connectivity index (χ0n) is 23.8. The Morgan fingerprint density at radius 2 is 1.84 bits per heavy atom. The number of carbonyl (C=O) groups excluding carboxylic acids is 2. The van der Waals surface area contributed by atoms with Gasteiger partial charge in [-0.25, -0.2) is 9.78 Å². The molecule has 8 nitrogen and oxygen atoms in total. The molecule has 5 rings (SSSR count). The minimum absolute atomic E-state index is 0.0321. The molecule has 1 amide bonds. The van der Waals surface area contributed by atoms with Gasteiger partial charge in [0.15, 0.2) is 0 Å². The average Bonchev–Trinajstić information content (AvgIpc) is 3.38. The van der Waals surface area contributed by atoms with Gasteiger partial charge < -0.3 is 15.8 Å². The number of methoxy groups -OCH3 is 1. The molecule has 0 saturated heterocycles. The van der Waals surface area contributed by atoms with E-state index in [4.69, 9.17) is 10.5 Å². The van der Waals surface area contributed by atoms with Crippen LogP contribution in [0.1, 0.15) is 61.8 Å². The highest BCUT2D eigenvalue weighted by molar-refractivity contribution is 7.99. The van der Waals surface area contributed by atoms with Gasteiger partial charge in [-0.05, 0) is 48.8 Å². The fourth-order valence-electron chi connectivity index (χ4n) is 5.34. The second-order valence-electron chi connectivity index (χ2n) is 10.2. The van der Waals surface area contributed by atoms with E-state index in [1.807, 2.05) is 49.4 Å². The van der Waals surface area contributed by atoms with Crippen LogP contribution in [0, 0.1) is 29.6 Å². The lowest BCUT2D eigenvalue weighted by Gasteiger charge is -2.22. The Morgan fingerprint density at radius 3 is 2.51 bits per heavy atom. The molecule has 0 spiro atoms. The summed E-state index contributed by atoms with van der Waals surface area (Å²) in [4.78, 5) is 31.3. The quantitative estimate of drug-likeness (QED) is 0.168. The number of aromatic nitrogens is 1. The molecule has 216 valence electrons. The van der Waals surface area contributed by atoms with Gasteiger partial charge >= 0.3 is 5.97 Å². The third-order valence-electron chi connectivity index (χ3n) is 7.50. The van der Waals surface area contributed by atoms with Crippen molar-refractivity contribution in [3.05, 3.63) is 92.9 Å². The van der Waals surface area contributed by atoms with Gasteiger partial charge in [0.1, 0.15) is 33.5 Å². The van der Waals surface area contributed by atoms with Gasteiger partial charge in [0.25, 0.3) is 0 Å². The topological polar surface area (TPSA) is 142 Å². The van der Waals surface area contributed by atoms with E-state index in [0.717, 1.165) is 35.3 Å². The molecule has 0 bridgehead atoms. The first-order valence-corrected chi connectivity index (χ1v) is 15.6. The van der Waals surface area contributed by atoms with E-state index in [1.165, 1.54) is 35.8 Å². The number of fused-ring (bicyclic) bond motifs is 1. The maximum atomic E-state index is 13.1. The molecule has 0 radical (unpaired) electrons. The average molecular weight is 608 g/mol. The molecule has 43 heavy (non-hydrogen) atoms. The first-order valence-electron chi connectivity index (χ1n) is 13.8. The summed E-state index contributed by atoms with van der Waals surface area (Å²) < 4.78 is 5.08. The Hall–Kier alpha value is -4.64. The van der Waals surface area contributed by atoms with Gasteiger partial charge in [-0.2, -0.15) is 10.5 Å². The van der Waals surface area contributed by atoms with Crippen LogP contribution in [0.15, 0.2) is 59.6 Å². The van der Waals surface area contributed by atoms with Gasteiger partial charge in [-0.3, -0.25) is 4.79 Å². The number of aryl methyl sites for hydroxylation is 1. The summed E-state index contributed by atoms with van der Waals surface area (Å²) in [7, 11) is 1.35. The van der Waals surface area contributed by atoms with E-state index in [2.05, 4.69) is 34.6 Å². The van der Waals surface area contributed by atoms with Crippen LogP contribution in [-0.4, -0.2) is 29.7 Å². The molecular formula is C33H29N5O3S2. The van der Waals surface area contributed by atoms with E-state index in [1.54, 1.807) is 0 Å². The lowest BCUT2D eigenvalue weighted by Crippen LogP contribution is -2.16. The molecule has 2 aromatic carbocycles. The minimum Gasteiger partial charge on any atom is -0.465 e. The van der Waals surface area contributed by atoms with Crippen LogP contribution in [0.4, 0.5) is 10.8 Å². The monoisotopic (exact) mass is 607 g/mol. The first-order chi connectivity index (χ1) is 20.8. The van der Waals surface area contributed by atoms with E-state index >= 15 is 0 Å². The number of nitrogens with one attached hydrogen (secondary N) is 1. The molecule has 1 aliphatic carbocycles. The summed E-state index contributed by atoms with van der Waals surface area (Å²) in [5, 5.41) is 23.6. The lowest BCUT2D eigenvalue weighted by atomic mass is 9.83. The van der Waals surface area contributed by atoms with Gasteiger partial charge in [-0.1, -0.05) is 60.2 Å². The number of nitriles is 2. The number of nitrogens with zero attached hydrogens (tertiary/aromatic N) is 3. The third-order valence-corrected chi connectivity index (χ3v) is 9.65. The molecule has 0 aliphatic heterocycles. The Balaban J connectivity index is 1.33. The number of nitrogens with two attached hydrogens (primary N) is 1. The maximum Gasteiger partial charge on any atom is 0.341 e. The Kier molecular flexibility index (Phi) is 9.10. The largest absolute Gasteiger partial charge is 0.465 e. The predicted molar refractivity (Wildman–Crippen MR) is 169 cm³/mol. The molecule has 2 heterocycles. The number of thiophene rings is 1. The molecule has 1 atom stereocenters. The van der Waals surface area contributed by atoms with Crippen molar-refractivity contribution in [3.63, 3.8) is 0 Å². The van der Waals surface area contributed by atoms with Crippen LogP contribution >= 0.6 is 23.1 Å². The van der Waals surface area contributed by atoms with Crippen molar-refractivity contribution in [1.29, 1.82) is 10.5 Å². The van der Waals surface area contributed by atoms with Crippen LogP contribution < -0.4 is 11.1 Å². The summed E-state index contributed by atoms with van der Waals surface area (Å²) in [6.45, 7) is 1.95. The molecule has 3 N–H and O–H groups in total. The van der Waals surface area contributed by atoms with Crippen LogP contribution in [0.2, 0.25) is 0 Å². The molecular weight excluding hydrogens is 579 g/mol. The number of esters is 1. The molecule has 2 aromatic heterocycles. The van der Waals surface area contributed by atoms with Crippen molar-refractivity contribution in [1.82, 2.24) is 4.98 Å². The van der Waals surface area contributed by atoms with Gasteiger partial charge in [0.2, 0.25) is 5.91 Å². The Bertz CT molecular complexity index is 1770. The van der Waals surface area contributed by atoms with Crippen LogP contribution in [-0.2, 0) is 22.4 Å². The molecule has 1 aliphatic rings. The summed E-state index contributed by atoms with van der Waals surface area (Å²) >= 11 is 2.66. The normalized spacial score (nSPS) is 13.8. The Morgan fingerprint density at radius 1 is 1.12 bits per heavy atom. The van der Waals surface area contributed by atoms with E-state index in [-0.39, 0.29) is 29.3 Å². The number of thioether (sulfide) groups is 1. The van der Waals surface area contributed by atoms with Crippen molar-refractivity contribution in [2.24, 2.45) is 0 Å². The molecule has 1 unspecified atom stereocenters. The molecule has 0 saturated carbocycles. The standard InChI is InChI=1S/C33H29N5O3S2/c1-19-8-10-21(11-9-19)28-24(17-34)30(36)38-31(25(28)18-35)42-15-14-27(39)37-32-29(33(40)41-2)23-13-12-22(16-26(23)43-32)20-6-4-3-5-7-20/h3-11,22H,12-16H2,1-2H3,(H2,36,38)(H,37,39). The fraction of sp³-hybridized carbons (Fsp3) is 0.242. The van der Waals surface area contributed by atoms with Crippen molar-refractivity contribution in [2.75, 3.05) is 23.9 Å². The highest BCUT2D eigenvalue weighted by Gasteiger charge is 2.30. The third kappa shape index (κ3) is 6.26. The summed E-state index contributed by atoms with van der Waals surface area (Å²) in [5.74, 6) is -0.0374. The van der Waals surface area contributed by atoms with Gasteiger partial charge in [-0.15, -0.1) is 23.1 Å². The SMILES string of the molecule is COC(=O)c1c(NC(=O)CCSc2nc(N)c(C#N)c(-c3ccc(C)cc3)c2C#N)sc2c1CCC(c1ccccc1)C2. The summed E-state index contributed by atoms with van der Waals surface area (Å²) in [5.41, 5.74) is 11.3. The number of ether oxygens (including phenoxy) is 1. The van der Waals surface area contributed by atoms with E-state index < -0.39 is 5.97 Å². The number of amides is 1. The van der Waals surface area contributed by atoms with Crippen LogP contribution in [0.25, 0.3) is 11.1 Å². The Labute approximate surface area is 258 Å². The first kappa shape index (κ1) is 29.8. The van der Waals surface area contributed by atoms with E-state index in [0.29, 0.717) is 38.4 Å². The smallest absolute Gasteiger partial charge is 0.341 e. The van der Waals surface area contributed by atoms with Crippen LogP contribution in [0.5, 0.6) is 0 Å². The highest BCUT2D eigenvalue weighted by atomic mass is 32.2. The number of nitrogen functional groups attached to an aromatic ring is 1. The summed E-state index contributed by atoms with van der Waals surface area (Å²) in [6, 6.07) is 22.1. The highest BCUT2D eigenvalue weighted by Crippen LogP contribution is 2.43. The number of pyridine rings is 1. The summed E-state index contributed by atoms with van der Waals surface area (Å²) in [6.07, 6.45) is 2.54. The fourth-order valence-corrected chi connectivity index (χ4v) is 7.61. The number of hydrogen-bond donors (Lipinski definition) is 2. The number of rotatable bonds is 8. The second-order valence-corrected chi connectivity index (χ2v) is 12.4. The van der Waals surface area contributed by atoms with Crippen LogP contribution in [0.3, 0.4) is 0 Å². The molecule has 10 heteroatoms.